The minimum atomic E-state index is -0.0557. The molecule has 0 aliphatic heterocycles. The number of aromatic nitrogens is 1. The lowest BCUT2D eigenvalue weighted by Gasteiger charge is -1.90. The summed E-state index contributed by atoms with van der Waals surface area (Å²) in [6.07, 6.45) is 1.65. The first-order valence-electron chi connectivity index (χ1n) is 3.73. The maximum Gasteiger partial charge on any atom is 0.274 e. The molecule has 0 spiro atoms. The average Bonchev–Trinajstić information content (AvgIpc) is 2.57. The Bertz CT molecular complexity index is 391. The van der Waals surface area contributed by atoms with Crippen LogP contribution in [0.25, 0.3) is 10.2 Å². The van der Waals surface area contributed by atoms with Crippen LogP contribution in [0.15, 0.2) is 24.3 Å². The van der Waals surface area contributed by atoms with Crippen molar-refractivity contribution in [3.8, 4) is 5.19 Å². The van der Waals surface area contributed by atoms with Crippen molar-refractivity contribution >= 4 is 27.8 Å². The number of ether oxygens (including phenoxy) is 1. The molecule has 1 radical (unpaired) electrons. The van der Waals surface area contributed by atoms with Gasteiger partial charge in [0, 0.05) is 0 Å². The highest BCUT2D eigenvalue weighted by Gasteiger charge is 2.02. The summed E-state index contributed by atoms with van der Waals surface area (Å²) < 4.78 is 6.08. The fraction of sp³-hybridized carbons (Fsp3) is 0.111. The van der Waals surface area contributed by atoms with E-state index in [1.165, 1.54) is 11.3 Å². The molecule has 3 nitrogen and oxygen atoms in total. The van der Waals surface area contributed by atoms with Crippen molar-refractivity contribution < 1.29 is 9.53 Å². The van der Waals surface area contributed by atoms with Crippen LogP contribution in [0.4, 0.5) is 0 Å². The monoisotopic (exact) mass is 192 g/mol. The molecule has 1 aromatic heterocycles. The third-order valence-electron chi connectivity index (χ3n) is 1.53. The Kier molecular flexibility index (Phi) is 2.23. The van der Waals surface area contributed by atoms with E-state index in [4.69, 9.17) is 4.74 Å². The Morgan fingerprint density at radius 3 is 3.08 bits per heavy atom. The molecule has 1 heterocycles. The van der Waals surface area contributed by atoms with E-state index >= 15 is 0 Å². The van der Waals surface area contributed by atoms with E-state index in [9.17, 15) is 4.79 Å². The van der Waals surface area contributed by atoms with Gasteiger partial charge in [-0.3, -0.25) is 4.79 Å². The minimum absolute atomic E-state index is 0.0557. The number of carbonyl (C=O) groups excluding carboxylic acids is 1. The first kappa shape index (κ1) is 8.19. The molecule has 0 aliphatic rings. The standard InChI is InChI=1S/C9H6NO2S/c11-5-6-12-9-10-7-3-1-2-4-8(7)13-9/h1-4H,6H2. The summed E-state index contributed by atoms with van der Waals surface area (Å²) in [6, 6.07) is 7.72. The lowest BCUT2D eigenvalue weighted by atomic mass is 10.3. The molecule has 0 N–H and O–H groups in total. The van der Waals surface area contributed by atoms with Gasteiger partial charge in [-0.15, -0.1) is 0 Å². The van der Waals surface area contributed by atoms with E-state index in [0.29, 0.717) is 5.19 Å². The van der Waals surface area contributed by atoms with Crippen LogP contribution >= 0.6 is 11.3 Å². The molecule has 65 valence electrons. The zero-order valence-electron chi connectivity index (χ0n) is 6.69. The molecular weight excluding hydrogens is 186 g/mol. The number of nitrogens with zero attached hydrogens (tertiary/aromatic N) is 1. The summed E-state index contributed by atoms with van der Waals surface area (Å²) in [4.78, 5) is 14.1. The SMILES string of the molecule is O=[C]COc1nc2ccccc2s1. The third kappa shape index (κ3) is 1.67. The van der Waals surface area contributed by atoms with Crippen LogP contribution in [0.5, 0.6) is 5.19 Å². The quantitative estimate of drug-likeness (QED) is 0.744. The van der Waals surface area contributed by atoms with Crippen LogP contribution in [0.1, 0.15) is 0 Å². The van der Waals surface area contributed by atoms with Gasteiger partial charge in [-0.05, 0) is 12.1 Å². The first-order chi connectivity index (χ1) is 6.40. The average molecular weight is 192 g/mol. The van der Waals surface area contributed by atoms with Crippen LogP contribution in [0, 0.1) is 0 Å². The van der Waals surface area contributed by atoms with Crippen molar-refractivity contribution in [3.05, 3.63) is 24.3 Å². The molecule has 0 atom stereocenters. The van der Waals surface area contributed by atoms with Gasteiger partial charge in [0.05, 0.1) is 10.2 Å². The first-order valence-corrected chi connectivity index (χ1v) is 4.55. The van der Waals surface area contributed by atoms with Crippen LogP contribution in [-0.2, 0) is 4.79 Å². The van der Waals surface area contributed by atoms with Gasteiger partial charge in [0.1, 0.15) is 0 Å². The second-order valence-electron chi connectivity index (χ2n) is 2.38. The minimum Gasteiger partial charge on any atom is -0.461 e. The highest BCUT2D eigenvalue weighted by molar-refractivity contribution is 7.20. The van der Waals surface area contributed by atoms with Gasteiger partial charge in [0.15, 0.2) is 6.61 Å². The van der Waals surface area contributed by atoms with Crippen molar-refractivity contribution in [2.45, 2.75) is 0 Å². The molecule has 1 aromatic carbocycles. The maximum absolute atomic E-state index is 9.92. The Morgan fingerprint density at radius 1 is 1.46 bits per heavy atom. The van der Waals surface area contributed by atoms with E-state index in [-0.39, 0.29) is 6.61 Å². The van der Waals surface area contributed by atoms with Gasteiger partial charge in [0.25, 0.3) is 5.19 Å². The molecule has 0 bridgehead atoms. The zero-order chi connectivity index (χ0) is 9.10. The summed E-state index contributed by atoms with van der Waals surface area (Å²) >= 11 is 1.42. The molecule has 0 saturated heterocycles. The summed E-state index contributed by atoms with van der Waals surface area (Å²) in [6.45, 7) is -0.0557. The number of para-hydroxylation sites is 1. The van der Waals surface area contributed by atoms with Gasteiger partial charge in [-0.1, -0.05) is 23.5 Å². The number of benzene rings is 1. The topological polar surface area (TPSA) is 39.2 Å². The van der Waals surface area contributed by atoms with Gasteiger partial charge < -0.3 is 4.74 Å². The van der Waals surface area contributed by atoms with E-state index in [1.807, 2.05) is 24.3 Å². The smallest absolute Gasteiger partial charge is 0.274 e. The molecule has 4 heteroatoms. The molecule has 0 aliphatic carbocycles. The highest BCUT2D eigenvalue weighted by atomic mass is 32.1. The fourth-order valence-electron chi connectivity index (χ4n) is 1.00. The largest absolute Gasteiger partial charge is 0.461 e. The van der Waals surface area contributed by atoms with Crippen LogP contribution in [-0.4, -0.2) is 17.9 Å². The fourth-order valence-corrected chi connectivity index (χ4v) is 1.82. The lowest BCUT2D eigenvalue weighted by Crippen LogP contribution is -1.96. The Hall–Kier alpha value is -1.42. The van der Waals surface area contributed by atoms with Crippen molar-refractivity contribution in [1.29, 1.82) is 0 Å². The Morgan fingerprint density at radius 2 is 2.31 bits per heavy atom. The third-order valence-corrected chi connectivity index (χ3v) is 2.48. The van der Waals surface area contributed by atoms with Crippen molar-refractivity contribution in [2.75, 3.05) is 6.61 Å². The van der Waals surface area contributed by atoms with Crippen molar-refractivity contribution in [3.63, 3.8) is 0 Å². The molecule has 2 aromatic rings. The molecule has 13 heavy (non-hydrogen) atoms. The number of thiazole rings is 1. The number of rotatable bonds is 3. The van der Waals surface area contributed by atoms with Crippen LogP contribution < -0.4 is 4.74 Å². The number of hydrogen-bond donors (Lipinski definition) is 0. The number of fused-ring (bicyclic) bond motifs is 1. The summed E-state index contributed by atoms with van der Waals surface area (Å²) in [5.74, 6) is 0. The van der Waals surface area contributed by atoms with Gasteiger partial charge >= 0.3 is 0 Å². The van der Waals surface area contributed by atoms with E-state index in [0.717, 1.165) is 10.2 Å². The van der Waals surface area contributed by atoms with E-state index < -0.39 is 0 Å². The van der Waals surface area contributed by atoms with E-state index in [1.54, 1.807) is 6.29 Å². The predicted molar refractivity (Wildman–Crippen MR) is 50.8 cm³/mol. The molecule has 2 rings (SSSR count). The number of hydrogen-bond acceptors (Lipinski definition) is 4. The predicted octanol–water partition coefficient (Wildman–Crippen LogP) is 1.78. The van der Waals surface area contributed by atoms with Crippen LogP contribution in [0.3, 0.4) is 0 Å². The van der Waals surface area contributed by atoms with Gasteiger partial charge in [0.2, 0.25) is 6.29 Å². The normalized spacial score (nSPS) is 10.2. The second-order valence-corrected chi connectivity index (χ2v) is 3.37. The zero-order valence-corrected chi connectivity index (χ0v) is 7.50. The lowest BCUT2D eigenvalue weighted by molar-refractivity contribution is 0.363. The van der Waals surface area contributed by atoms with Crippen molar-refractivity contribution in [2.24, 2.45) is 0 Å². The van der Waals surface area contributed by atoms with Crippen LogP contribution in [0.2, 0.25) is 0 Å². The molecule has 0 amide bonds. The Balaban J connectivity index is 2.32. The van der Waals surface area contributed by atoms with Gasteiger partial charge in [-0.2, -0.15) is 0 Å². The maximum atomic E-state index is 9.92. The van der Waals surface area contributed by atoms with Crippen molar-refractivity contribution in [1.82, 2.24) is 4.98 Å². The summed E-state index contributed by atoms with van der Waals surface area (Å²) in [5.41, 5.74) is 0.897. The second kappa shape index (κ2) is 3.53. The molecular formula is C9H6NO2S. The summed E-state index contributed by atoms with van der Waals surface area (Å²) in [7, 11) is 0. The molecule has 0 saturated carbocycles. The highest BCUT2D eigenvalue weighted by Crippen LogP contribution is 2.26. The van der Waals surface area contributed by atoms with E-state index in [2.05, 4.69) is 4.98 Å². The summed E-state index contributed by atoms with van der Waals surface area (Å²) in [5, 5.41) is 0.518. The molecule has 0 unspecified atom stereocenters. The Labute approximate surface area is 79.0 Å². The van der Waals surface area contributed by atoms with Gasteiger partial charge in [-0.25, -0.2) is 4.98 Å². The molecule has 0 fully saturated rings.